The summed E-state index contributed by atoms with van der Waals surface area (Å²) in [5, 5.41) is 6.76. The van der Waals surface area contributed by atoms with Crippen molar-refractivity contribution < 1.29 is 4.74 Å². The number of benzene rings is 3. The van der Waals surface area contributed by atoms with Crippen LogP contribution in [0, 0.1) is 0 Å². The number of halogens is 1. The highest BCUT2D eigenvalue weighted by Crippen LogP contribution is 2.29. The maximum atomic E-state index is 6.15. The Bertz CT molecular complexity index is 867. The fraction of sp³-hybridized carbons (Fsp3) is 0.273. The highest BCUT2D eigenvalue weighted by atomic mass is 35.5. The Balaban J connectivity index is 1.90. The van der Waals surface area contributed by atoms with E-state index in [2.05, 4.69) is 62.5 Å². The molecule has 0 bridgehead atoms. The van der Waals surface area contributed by atoms with Gasteiger partial charge in [-0.25, -0.2) is 0 Å². The molecule has 0 spiro atoms. The molecule has 3 aromatic carbocycles. The quantitative estimate of drug-likeness (QED) is 0.611. The molecule has 0 heterocycles. The summed E-state index contributed by atoms with van der Waals surface area (Å²) < 4.78 is 6.15. The molecule has 0 amide bonds. The number of ether oxygens (including phenoxy) is 1. The second kappa shape index (κ2) is 7.47. The summed E-state index contributed by atoms with van der Waals surface area (Å²) in [6, 6.07) is 20.4. The summed E-state index contributed by atoms with van der Waals surface area (Å²) in [4.78, 5) is 0. The van der Waals surface area contributed by atoms with Crippen molar-refractivity contribution in [1.82, 2.24) is 5.32 Å². The maximum Gasteiger partial charge on any atom is 0.124 e. The van der Waals surface area contributed by atoms with Crippen molar-refractivity contribution in [2.24, 2.45) is 0 Å². The van der Waals surface area contributed by atoms with Gasteiger partial charge in [0.05, 0.1) is 0 Å². The van der Waals surface area contributed by atoms with Crippen molar-refractivity contribution in [2.45, 2.75) is 39.5 Å². The SMILES string of the molecule is CC(C)(C)NCc1c(OCc2cccc(Cl)c2)ccc2ccccc12. The number of hydrogen-bond acceptors (Lipinski definition) is 2. The molecule has 3 heteroatoms. The molecule has 0 aromatic heterocycles. The fourth-order valence-electron chi connectivity index (χ4n) is 2.77. The third-order valence-corrected chi connectivity index (χ3v) is 4.31. The van der Waals surface area contributed by atoms with E-state index in [1.54, 1.807) is 0 Å². The molecule has 25 heavy (non-hydrogen) atoms. The van der Waals surface area contributed by atoms with E-state index in [0.717, 1.165) is 22.9 Å². The predicted molar refractivity (Wildman–Crippen MR) is 106 cm³/mol. The summed E-state index contributed by atoms with van der Waals surface area (Å²) in [7, 11) is 0. The Morgan fingerprint density at radius 2 is 1.76 bits per heavy atom. The van der Waals surface area contributed by atoms with Gasteiger partial charge in [0.2, 0.25) is 0 Å². The van der Waals surface area contributed by atoms with E-state index in [1.165, 1.54) is 16.3 Å². The first-order chi connectivity index (χ1) is 11.9. The van der Waals surface area contributed by atoms with E-state index in [0.29, 0.717) is 6.61 Å². The van der Waals surface area contributed by atoms with Crippen LogP contribution in [-0.4, -0.2) is 5.54 Å². The van der Waals surface area contributed by atoms with Gasteiger partial charge in [0.1, 0.15) is 12.4 Å². The number of hydrogen-bond donors (Lipinski definition) is 1. The van der Waals surface area contributed by atoms with E-state index >= 15 is 0 Å². The molecule has 3 aromatic rings. The van der Waals surface area contributed by atoms with E-state index in [1.807, 2.05) is 24.3 Å². The normalized spacial score (nSPS) is 11.7. The summed E-state index contributed by atoms with van der Waals surface area (Å²) in [5.74, 6) is 0.912. The lowest BCUT2D eigenvalue weighted by atomic mass is 10.0. The number of rotatable bonds is 5. The van der Waals surface area contributed by atoms with Gasteiger partial charge in [-0.3, -0.25) is 0 Å². The van der Waals surface area contributed by atoms with Crippen LogP contribution in [0.4, 0.5) is 0 Å². The summed E-state index contributed by atoms with van der Waals surface area (Å²) >= 11 is 6.07. The first kappa shape index (κ1) is 17.8. The van der Waals surface area contributed by atoms with Crippen LogP contribution in [0.3, 0.4) is 0 Å². The van der Waals surface area contributed by atoms with Gasteiger partial charge in [-0.15, -0.1) is 0 Å². The second-order valence-electron chi connectivity index (χ2n) is 7.29. The van der Waals surface area contributed by atoms with Crippen molar-refractivity contribution in [1.29, 1.82) is 0 Å². The zero-order chi connectivity index (χ0) is 17.9. The van der Waals surface area contributed by atoms with Crippen LogP contribution in [0.1, 0.15) is 31.9 Å². The van der Waals surface area contributed by atoms with E-state index in [-0.39, 0.29) is 5.54 Å². The van der Waals surface area contributed by atoms with Gasteiger partial charge in [-0.05, 0) is 55.3 Å². The predicted octanol–water partition coefficient (Wildman–Crippen LogP) is 5.96. The molecular formula is C22H24ClNO. The van der Waals surface area contributed by atoms with Crippen LogP contribution in [0.15, 0.2) is 60.7 Å². The van der Waals surface area contributed by atoms with Crippen LogP contribution in [0.5, 0.6) is 5.75 Å². The van der Waals surface area contributed by atoms with Gasteiger partial charge in [0.25, 0.3) is 0 Å². The van der Waals surface area contributed by atoms with Crippen molar-refractivity contribution in [3.05, 3.63) is 76.8 Å². The van der Waals surface area contributed by atoms with E-state index in [4.69, 9.17) is 16.3 Å². The van der Waals surface area contributed by atoms with Gasteiger partial charge >= 0.3 is 0 Å². The molecule has 0 radical (unpaired) electrons. The standard InChI is InChI=1S/C22H24ClNO/c1-22(2,3)24-14-20-19-10-5-4-8-17(19)11-12-21(20)25-15-16-7-6-9-18(23)13-16/h4-13,24H,14-15H2,1-3H3. The lowest BCUT2D eigenvalue weighted by Crippen LogP contribution is -2.35. The van der Waals surface area contributed by atoms with Crippen LogP contribution in [0.2, 0.25) is 5.02 Å². The Morgan fingerprint density at radius 3 is 2.52 bits per heavy atom. The molecule has 0 aliphatic heterocycles. The molecular weight excluding hydrogens is 330 g/mol. The van der Waals surface area contributed by atoms with Crippen molar-refractivity contribution in [2.75, 3.05) is 0 Å². The minimum absolute atomic E-state index is 0.0428. The van der Waals surface area contributed by atoms with Gasteiger partial charge in [0.15, 0.2) is 0 Å². The first-order valence-electron chi connectivity index (χ1n) is 8.55. The summed E-state index contributed by atoms with van der Waals surface area (Å²) in [6.45, 7) is 7.77. The highest BCUT2D eigenvalue weighted by molar-refractivity contribution is 6.30. The zero-order valence-electron chi connectivity index (χ0n) is 15.0. The minimum atomic E-state index is 0.0428. The van der Waals surface area contributed by atoms with Crippen LogP contribution >= 0.6 is 11.6 Å². The molecule has 130 valence electrons. The second-order valence-corrected chi connectivity index (χ2v) is 7.72. The van der Waals surface area contributed by atoms with E-state index in [9.17, 15) is 0 Å². The van der Waals surface area contributed by atoms with Gasteiger partial charge < -0.3 is 10.1 Å². The molecule has 3 rings (SSSR count). The minimum Gasteiger partial charge on any atom is -0.489 e. The maximum absolute atomic E-state index is 6.15. The van der Waals surface area contributed by atoms with Gasteiger partial charge in [-0.2, -0.15) is 0 Å². The molecule has 2 nitrogen and oxygen atoms in total. The van der Waals surface area contributed by atoms with Gasteiger partial charge in [0, 0.05) is 22.7 Å². The lowest BCUT2D eigenvalue weighted by molar-refractivity contribution is 0.301. The molecule has 0 fully saturated rings. The molecule has 0 saturated carbocycles. The van der Waals surface area contributed by atoms with Crippen molar-refractivity contribution in [3.8, 4) is 5.75 Å². The largest absolute Gasteiger partial charge is 0.489 e. The van der Waals surface area contributed by atoms with Crippen LogP contribution in [-0.2, 0) is 13.2 Å². The first-order valence-corrected chi connectivity index (χ1v) is 8.93. The molecule has 0 aliphatic rings. The fourth-order valence-corrected chi connectivity index (χ4v) is 2.99. The van der Waals surface area contributed by atoms with Crippen molar-refractivity contribution >= 4 is 22.4 Å². The highest BCUT2D eigenvalue weighted by Gasteiger charge is 2.14. The third-order valence-electron chi connectivity index (χ3n) is 4.08. The van der Waals surface area contributed by atoms with Crippen molar-refractivity contribution in [3.63, 3.8) is 0 Å². The molecule has 1 N–H and O–H groups in total. The van der Waals surface area contributed by atoms with E-state index < -0.39 is 0 Å². The number of fused-ring (bicyclic) bond motifs is 1. The lowest BCUT2D eigenvalue weighted by Gasteiger charge is -2.22. The number of nitrogens with one attached hydrogen (secondary N) is 1. The smallest absolute Gasteiger partial charge is 0.124 e. The molecule has 0 saturated heterocycles. The Hall–Kier alpha value is -2.03. The molecule has 0 aliphatic carbocycles. The summed E-state index contributed by atoms with van der Waals surface area (Å²) in [6.07, 6.45) is 0. The topological polar surface area (TPSA) is 21.3 Å². The van der Waals surface area contributed by atoms with Crippen LogP contribution < -0.4 is 10.1 Å². The molecule has 0 atom stereocenters. The van der Waals surface area contributed by atoms with Gasteiger partial charge in [-0.1, -0.05) is 54.1 Å². The average molecular weight is 354 g/mol. The van der Waals surface area contributed by atoms with Crippen LogP contribution in [0.25, 0.3) is 10.8 Å². The zero-order valence-corrected chi connectivity index (χ0v) is 15.7. The molecule has 0 unspecified atom stereocenters. The average Bonchev–Trinajstić information content (AvgIpc) is 2.57. The Labute approximate surface area is 154 Å². The monoisotopic (exact) mass is 353 g/mol. The summed E-state index contributed by atoms with van der Waals surface area (Å²) in [5.41, 5.74) is 2.30. The third kappa shape index (κ3) is 4.75. The Kier molecular flexibility index (Phi) is 5.31. The Morgan fingerprint density at radius 1 is 0.960 bits per heavy atom.